The Bertz CT molecular complexity index is 553. The van der Waals surface area contributed by atoms with Crippen LogP contribution in [0.1, 0.15) is 38.1 Å². The predicted molar refractivity (Wildman–Crippen MR) is 84.9 cm³/mol. The highest BCUT2D eigenvalue weighted by Gasteiger charge is 2.29. The van der Waals surface area contributed by atoms with Gasteiger partial charge in [0.1, 0.15) is 23.2 Å². The number of nitrogens with zero attached hydrogens (tertiary/aromatic N) is 1. The normalized spacial score (nSPS) is 12.4. The first-order chi connectivity index (χ1) is 10.6. The first kappa shape index (κ1) is 19.1. The van der Waals surface area contributed by atoms with Crippen LogP contribution in [0.5, 0.6) is 0 Å². The fourth-order valence-corrected chi connectivity index (χ4v) is 2.32. The van der Waals surface area contributed by atoms with Crippen molar-refractivity contribution in [1.82, 2.24) is 10.2 Å². The number of benzene rings is 1. The lowest BCUT2D eigenvalue weighted by molar-refractivity contribution is -0.133. The molecular formula is C17H24F2N2O2. The molecule has 0 aliphatic heterocycles. The van der Waals surface area contributed by atoms with E-state index in [9.17, 15) is 18.4 Å². The van der Waals surface area contributed by atoms with Crippen molar-refractivity contribution < 1.29 is 18.4 Å². The maximum absolute atomic E-state index is 13.7. The molecule has 0 saturated heterocycles. The van der Waals surface area contributed by atoms with Crippen molar-refractivity contribution in [3.05, 3.63) is 35.4 Å². The number of carbonyl (C=O) groups is 2. The molecule has 128 valence electrons. The molecule has 0 aromatic heterocycles. The maximum Gasteiger partial charge on any atom is 0.257 e. The average Bonchev–Trinajstić information content (AvgIpc) is 2.42. The van der Waals surface area contributed by atoms with Crippen LogP contribution < -0.4 is 5.32 Å². The number of halogens is 2. The van der Waals surface area contributed by atoms with Gasteiger partial charge in [0.05, 0.1) is 0 Å². The van der Waals surface area contributed by atoms with Crippen LogP contribution in [0.4, 0.5) is 8.78 Å². The summed E-state index contributed by atoms with van der Waals surface area (Å²) in [6, 6.07) is 2.36. The van der Waals surface area contributed by atoms with Gasteiger partial charge in [-0.2, -0.15) is 0 Å². The van der Waals surface area contributed by atoms with Gasteiger partial charge in [0.25, 0.3) is 5.91 Å². The van der Waals surface area contributed by atoms with Gasteiger partial charge in [-0.15, -0.1) is 0 Å². The van der Waals surface area contributed by atoms with Crippen LogP contribution in [0.2, 0.25) is 0 Å². The van der Waals surface area contributed by atoms with Crippen molar-refractivity contribution >= 4 is 11.8 Å². The molecule has 1 N–H and O–H groups in total. The Morgan fingerprint density at radius 2 is 1.65 bits per heavy atom. The van der Waals surface area contributed by atoms with E-state index in [4.69, 9.17) is 0 Å². The quantitative estimate of drug-likeness (QED) is 0.874. The Kier molecular flexibility index (Phi) is 6.66. The van der Waals surface area contributed by atoms with E-state index in [1.807, 2.05) is 13.8 Å². The average molecular weight is 326 g/mol. The highest BCUT2D eigenvalue weighted by atomic mass is 19.1. The summed E-state index contributed by atoms with van der Waals surface area (Å²) in [4.78, 5) is 26.2. The maximum atomic E-state index is 13.7. The molecular weight excluding hydrogens is 302 g/mol. The van der Waals surface area contributed by atoms with E-state index in [2.05, 4.69) is 5.32 Å². The third-order valence-electron chi connectivity index (χ3n) is 3.42. The summed E-state index contributed by atoms with van der Waals surface area (Å²) in [5.41, 5.74) is -0.669. The van der Waals surface area contributed by atoms with Crippen LogP contribution >= 0.6 is 0 Å². The number of rotatable bonds is 6. The molecule has 6 heteroatoms. The van der Waals surface area contributed by atoms with E-state index in [-0.39, 0.29) is 17.7 Å². The van der Waals surface area contributed by atoms with Gasteiger partial charge in [-0.25, -0.2) is 8.78 Å². The fourth-order valence-electron chi connectivity index (χ4n) is 2.32. The predicted octanol–water partition coefficient (Wildman–Crippen LogP) is 2.83. The Labute approximate surface area is 135 Å². The summed E-state index contributed by atoms with van der Waals surface area (Å²) >= 11 is 0. The first-order valence-electron chi connectivity index (χ1n) is 7.65. The van der Waals surface area contributed by atoms with Crippen molar-refractivity contribution in [2.24, 2.45) is 11.8 Å². The van der Waals surface area contributed by atoms with Crippen molar-refractivity contribution in [1.29, 1.82) is 0 Å². The van der Waals surface area contributed by atoms with Crippen molar-refractivity contribution in [3.8, 4) is 0 Å². The van der Waals surface area contributed by atoms with Gasteiger partial charge in [-0.3, -0.25) is 9.59 Å². The SMILES string of the molecule is CC(C)CN(C)C(=O)C(NC(=O)c1c(F)cccc1F)C(C)C. The Morgan fingerprint density at radius 3 is 2.09 bits per heavy atom. The van der Waals surface area contributed by atoms with E-state index in [1.54, 1.807) is 20.9 Å². The highest BCUT2D eigenvalue weighted by molar-refractivity contribution is 5.98. The topological polar surface area (TPSA) is 49.4 Å². The van der Waals surface area contributed by atoms with Crippen LogP contribution in [0.15, 0.2) is 18.2 Å². The van der Waals surface area contributed by atoms with Crippen LogP contribution in [0, 0.1) is 23.5 Å². The molecule has 23 heavy (non-hydrogen) atoms. The van der Waals surface area contributed by atoms with E-state index in [1.165, 1.54) is 11.0 Å². The van der Waals surface area contributed by atoms with Gasteiger partial charge in [0.2, 0.25) is 5.91 Å². The second-order valence-corrected chi connectivity index (χ2v) is 6.40. The fraction of sp³-hybridized carbons (Fsp3) is 0.529. The minimum absolute atomic E-state index is 0.212. The Morgan fingerprint density at radius 1 is 1.13 bits per heavy atom. The third kappa shape index (κ3) is 5.01. The van der Waals surface area contributed by atoms with Crippen LogP contribution in [0.3, 0.4) is 0 Å². The zero-order chi connectivity index (χ0) is 17.7. The lowest BCUT2D eigenvalue weighted by Crippen LogP contribution is -2.51. The largest absolute Gasteiger partial charge is 0.344 e. The molecule has 0 aliphatic carbocycles. The Hall–Kier alpha value is -1.98. The van der Waals surface area contributed by atoms with Gasteiger partial charge >= 0.3 is 0 Å². The third-order valence-corrected chi connectivity index (χ3v) is 3.42. The first-order valence-corrected chi connectivity index (χ1v) is 7.65. The zero-order valence-corrected chi connectivity index (χ0v) is 14.2. The molecule has 0 heterocycles. The van der Waals surface area contributed by atoms with E-state index < -0.39 is 29.1 Å². The number of likely N-dealkylation sites (N-methyl/N-ethyl adjacent to an activating group) is 1. The Balaban J connectivity index is 2.96. The van der Waals surface area contributed by atoms with Crippen molar-refractivity contribution in [2.45, 2.75) is 33.7 Å². The van der Waals surface area contributed by atoms with Gasteiger partial charge < -0.3 is 10.2 Å². The second kappa shape index (κ2) is 8.04. The zero-order valence-electron chi connectivity index (χ0n) is 14.2. The number of nitrogens with one attached hydrogen (secondary N) is 1. The molecule has 0 fully saturated rings. The summed E-state index contributed by atoms with van der Waals surface area (Å²) in [5.74, 6) is -3.04. The molecule has 0 saturated carbocycles. The van der Waals surface area contributed by atoms with E-state index in [0.29, 0.717) is 6.54 Å². The lowest BCUT2D eigenvalue weighted by Gasteiger charge is -2.28. The number of hydrogen-bond acceptors (Lipinski definition) is 2. The molecule has 0 spiro atoms. The van der Waals surface area contributed by atoms with Crippen molar-refractivity contribution in [3.63, 3.8) is 0 Å². The molecule has 1 atom stereocenters. The molecule has 0 aliphatic rings. The summed E-state index contributed by atoms with van der Waals surface area (Å²) in [7, 11) is 1.65. The molecule has 1 aromatic rings. The van der Waals surface area contributed by atoms with E-state index in [0.717, 1.165) is 12.1 Å². The lowest BCUT2D eigenvalue weighted by atomic mass is 10.0. The smallest absolute Gasteiger partial charge is 0.257 e. The van der Waals surface area contributed by atoms with Gasteiger partial charge in [-0.1, -0.05) is 33.8 Å². The molecule has 1 rings (SSSR count). The summed E-state index contributed by atoms with van der Waals surface area (Å²) in [6.45, 7) is 8.02. The molecule has 1 aromatic carbocycles. The van der Waals surface area contributed by atoms with Crippen LogP contribution in [0.25, 0.3) is 0 Å². The number of amides is 2. The molecule has 1 unspecified atom stereocenters. The molecule has 0 bridgehead atoms. The summed E-state index contributed by atoms with van der Waals surface area (Å²) in [5, 5.41) is 2.46. The van der Waals surface area contributed by atoms with E-state index >= 15 is 0 Å². The van der Waals surface area contributed by atoms with Gasteiger partial charge in [0.15, 0.2) is 0 Å². The minimum Gasteiger partial charge on any atom is -0.344 e. The molecule has 4 nitrogen and oxygen atoms in total. The molecule has 0 radical (unpaired) electrons. The monoisotopic (exact) mass is 326 g/mol. The van der Waals surface area contributed by atoms with Crippen molar-refractivity contribution in [2.75, 3.05) is 13.6 Å². The highest BCUT2D eigenvalue weighted by Crippen LogP contribution is 2.14. The second-order valence-electron chi connectivity index (χ2n) is 6.40. The van der Waals surface area contributed by atoms with Gasteiger partial charge in [0, 0.05) is 13.6 Å². The minimum atomic E-state index is -0.951. The molecule has 2 amide bonds. The number of hydrogen-bond donors (Lipinski definition) is 1. The van der Waals surface area contributed by atoms with Crippen LogP contribution in [-0.4, -0.2) is 36.3 Å². The summed E-state index contributed by atoms with van der Waals surface area (Å²) in [6.07, 6.45) is 0. The van der Waals surface area contributed by atoms with Crippen LogP contribution in [-0.2, 0) is 4.79 Å². The number of carbonyl (C=O) groups excluding carboxylic acids is 2. The standard InChI is InChI=1S/C17H24F2N2O2/c1-10(2)9-21(5)17(23)15(11(3)4)20-16(22)14-12(18)7-6-8-13(14)19/h6-8,10-11,15H,9H2,1-5H3,(H,20,22). The summed E-state index contributed by atoms with van der Waals surface area (Å²) < 4.78 is 27.4. The van der Waals surface area contributed by atoms with Gasteiger partial charge in [-0.05, 0) is 24.0 Å².